The minimum Gasteiger partial charge on any atom is -0.353 e. The van der Waals surface area contributed by atoms with Gasteiger partial charge < -0.3 is 16.0 Å². The third-order valence-electron chi connectivity index (χ3n) is 3.21. The average Bonchev–Trinajstić information content (AvgIpc) is 2.97. The number of thiocarbonyl (C=S) groups is 1. The number of hydrogen-bond acceptors (Lipinski definition) is 3. The maximum atomic E-state index is 12.1. The molecule has 138 valence electrons. The lowest BCUT2D eigenvalue weighted by molar-refractivity contribution is 0.247. The second-order valence-electron chi connectivity index (χ2n) is 5.25. The minimum absolute atomic E-state index is 0.328. The highest BCUT2D eigenvalue weighted by atomic mass is 35.6. The first-order chi connectivity index (χ1) is 12.3. The number of anilines is 1. The van der Waals surface area contributed by atoms with Crippen LogP contribution >= 0.6 is 58.4 Å². The summed E-state index contributed by atoms with van der Waals surface area (Å²) in [6.45, 7) is 2.01. The van der Waals surface area contributed by atoms with Crippen LogP contribution in [0.1, 0.15) is 10.4 Å². The third-order valence-corrected chi connectivity index (χ3v) is 5.10. The monoisotopic (exact) mass is 447 g/mol. The maximum absolute atomic E-state index is 12.1. The van der Waals surface area contributed by atoms with Crippen LogP contribution in [-0.4, -0.2) is 21.0 Å². The molecular formula is C17H16Cl3N3OS2. The zero-order valence-corrected chi connectivity index (χ0v) is 17.5. The molecule has 1 atom stereocenters. The first kappa shape index (κ1) is 21.0. The Hall–Kier alpha value is -1.31. The molecule has 2 rings (SSSR count). The van der Waals surface area contributed by atoms with E-state index in [4.69, 9.17) is 47.0 Å². The molecule has 3 N–H and O–H groups in total. The molecule has 1 heterocycles. The zero-order valence-electron chi connectivity index (χ0n) is 13.6. The van der Waals surface area contributed by atoms with Crippen molar-refractivity contribution in [3.63, 3.8) is 0 Å². The number of carbonyl (C=O) groups is 1. The SMILES string of the molecule is Cc1ccsc1/C=C/C(=S)NC(NC(=O)Nc1ccccc1)C(Cl)(Cl)Cl. The first-order valence-corrected chi connectivity index (χ1v) is 9.90. The summed E-state index contributed by atoms with van der Waals surface area (Å²) >= 11 is 24.7. The van der Waals surface area contributed by atoms with E-state index in [1.54, 1.807) is 41.7 Å². The van der Waals surface area contributed by atoms with Crippen LogP contribution in [0.25, 0.3) is 6.08 Å². The van der Waals surface area contributed by atoms with Gasteiger partial charge in [-0.05, 0) is 48.2 Å². The Labute approximate surface area is 176 Å². The molecule has 26 heavy (non-hydrogen) atoms. The number of urea groups is 1. The number of nitrogens with one attached hydrogen (secondary N) is 3. The summed E-state index contributed by atoms with van der Waals surface area (Å²) in [4.78, 5) is 13.5. The van der Waals surface area contributed by atoms with Gasteiger partial charge in [-0.1, -0.05) is 65.2 Å². The Morgan fingerprint density at radius 2 is 1.88 bits per heavy atom. The molecule has 0 fully saturated rings. The van der Waals surface area contributed by atoms with E-state index in [0.717, 1.165) is 10.4 Å². The fraction of sp³-hybridized carbons (Fsp3) is 0.176. The third kappa shape index (κ3) is 6.78. The largest absolute Gasteiger partial charge is 0.353 e. The minimum atomic E-state index is -1.80. The van der Waals surface area contributed by atoms with Crippen LogP contribution in [0.3, 0.4) is 0 Å². The van der Waals surface area contributed by atoms with Gasteiger partial charge in [0, 0.05) is 10.6 Å². The van der Waals surface area contributed by atoms with Gasteiger partial charge in [0.2, 0.25) is 3.79 Å². The van der Waals surface area contributed by atoms with E-state index in [1.165, 1.54) is 0 Å². The Kier molecular flexibility index (Phi) is 7.73. The molecule has 0 aliphatic rings. The van der Waals surface area contributed by atoms with Crippen LogP contribution < -0.4 is 16.0 Å². The standard InChI is InChI=1S/C17H16Cl3N3OS2/c1-11-9-10-26-13(11)7-8-14(25)22-15(17(18,19)20)23-16(24)21-12-5-3-2-4-6-12/h2-10,15H,1H3,(H,22,25)(H2,21,23,24)/b8-7+. The van der Waals surface area contributed by atoms with E-state index in [-0.39, 0.29) is 0 Å². The lowest BCUT2D eigenvalue weighted by Crippen LogP contribution is -2.55. The summed E-state index contributed by atoms with van der Waals surface area (Å²) in [7, 11) is 0. The van der Waals surface area contributed by atoms with Gasteiger partial charge in [0.25, 0.3) is 0 Å². The number of para-hydroxylation sites is 1. The molecule has 0 saturated heterocycles. The van der Waals surface area contributed by atoms with Crippen LogP contribution in [0, 0.1) is 6.92 Å². The van der Waals surface area contributed by atoms with Gasteiger partial charge in [-0.2, -0.15) is 0 Å². The second-order valence-corrected chi connectivity index (χ2v) is 9.01. The summed E-state index contributed by atoms with van der Waals surface area (Å²) in [5.41, 5.74) is 1.76. The van der Waals surface area contributed by atoms with Crippen molar-refractivity contribution in [1.29, 1.82) is 0 Å². The van der Waals surface area contributed by atoms with Gasteiger partial charge >= 0.3 is 6.03 Å². The Morgan fingerprint density at radius 3 is 2.46 bits per heavy atom. The molecule has 1 unspecified atom stereocenters. The molecule has 0 saturated carbocycles. The molecular weight excluding hydrogens is 433 g/mol. The van der Waals surface area contributed by atoms with Crippen LogP contribution in [0.4, 0.5) is 10.5 Å². The number of carbonyl (C=O) groups excluding carboxylic acids is 1. The summed E-state index contributed by atoms with van der Waals surface area (Å²) in [6.07, 6.45) is 2.54. The van der Waals surface area contributed by atoms with Crippen molar-refractivity contribution in [2.24, 2.45) is 0 Å². The molecule has 4 nitrogen and oxygen atoms in total. The van der Waals surface area contributed by atoms with E-state index in [0.29, 0.717) is 10.7 Å². The van der Waals surface area contributed by atoms with Gasteiger partial charge in [0.1, 0.15) is 11.2 Å². The molecule has 0 aliphatic carbocycles. The summed E-state index contributed by atoms with van der Waals surface area (Å²) in [5.74, 6) is 0. The highest BCUT2D eigenvalue weighted by Gasteiger charge is 2.34. The molecule has 0 radical (unpaired) electrons. The number of rotatable bonds is 5. The number of halogens is 3. The molecule has 9 heteroatoms. The summed E-state index contributed by atoms with van der Waals surface area (Å²) in [5, 5.41) is 10.0. The molecule has 2 aromatic rings. The van der Waals surface area contributed by atoms with Crippen LogP contribution in [-0.2, 0) is 0 Å². The van der Waals surface area contributed by atoms with Crippen molar-refractivity contribution in [3.8, 4) is 0 Å². The Morgan fingerprint density at radius 1 is 1.19 bits per heavy atom. The Balaban J connectivity index is 1.98. The van der Waals surface area contributed by atoms with Crippen LogP contribution in [0.5, 0.6) is 0 Å². The molecule has 1 aromatic carbocycles. The number of thiophene rings is 1. The van der Waals surface area contributed by atoms with E-state index in [9.17, 15) is 4.79 Å². The highest BCUT2D eigenvalue weighted by Crippen LogP contribution is 2.29. The second kappa shape index (κ2) is 9.58. The van der Waals surface area contributed by atoms with Gasteiger partial charge in [-0.25, -0.2) is 4.79 Å². The van der Waals surface area contributed by atoms with Crippen molar-refractivity contribution >= 4 is 81.1 Å². The normalized spacial score (nSPS) is 12.6. The maximum Gasteiger partial charge on any atom is 0.320 e. The number of aryl methyl sites for hydroxylation is 1. The van der Waals surface area contributed by atoms with Gasteiger partial charge in [-0.3, -0.25) is 0 Å². The quantitative estimate of drug-likeness (QED) is 0.245. The van der Waals surface area contributed by atoms with E-state index >= 15 is 0 Å². The van der Waals surface area contributed by atoms with Gasteiger partial charge in [0.05, 0.1) is 0 Å². The average molecular weight is 449 g/mol. The number of benzene rings is 1. The van der Waals surface area contributed by atoms with Gasteiger partial charge in [0.15, 0.2) is 0 Å². The number of alkyl halides is 3. The fourth-order valence-electron chi connectivity index (χ4n) is 1.92. The lowest BCUT2D eigenvalue weighted by Gasteiger charge is -2.27. The van der Waals surface area contributed by atoms with Crippen LogP contribution in [0.15, 0.2) is 47.9 Å². The number of amides is 2. The van der Waals surface area contributed by atoms with Crippen molar-refractivity contribution in [2.75, 3.05) is 5.32 Å². The lowest BCUT2D eigenvalue weighted by atomic mass is 10.3. The predicted molar refractivity (Wildman–Crippen MR) is 116 cm³/mol. The summed E-state index contributed by atoms with van der Waals surface area (Å²) < 4.78 is -1.80. The fourth-order valence-corrected chi connectivity index (χ4v) is 3.25. The van der Waals surface area contributed by atoms with Crippen molar-refractivity contribution in [1.82, 2.24) is 10.6 Å². The topological polar surface area (TPSA) is 53.2 Å². The van der Waals surface area contributed by atoms with E-state index in [1.807, 2.05) is 30.5 Å². The van der Waals surface area contributed by atoms with Crippen LogP contribution in [0.2, 0.25) is 0 Å². The molecule has 1 aromatic heterocycles. The van der Waals surface area contributed by atoms with Crippen molar-refractivity contribution in [3.05, 3.63) is 58.3 Å². The Bertz CT molecular complexity index is 788. The molecule has 0 spiro atoms. The number of hydrogen-bond donors (Lipinski definition) is 3. The molecule has 2 amide bonds. The van der Waals surface area contributed by atoms with Crippen molar-refractivity contribution < 1.29 is 4.79 Å². The summed E-state index contributed by atoms with van der Waals surface area (Å²) in [6, 6.07) is 10.4. The van der Waals surface area contributed by atoms with E-state index < -0.39 is 16.0 Å². The zero-order chi connectivity index (χ0) is 19.2. The first-order valence-electron chi connectivity index (χ1n) is 7.47. The molecule has 0 aliphatic heterocycles. The molecule has 0 bridgehead atoms. The van der Waals surface area contributed by atoms with Crippen molar-refractivity contribution in [2.45, 2.75) is 16.9 Å². The van der Waals surface area contributed by atoms with E-state index in [2.05, 4.69) is 16.0 Å². The predicted octanol–water partition coefficient (Wildman–Crippen LogP) is 5.50. The highest BCUT2D eigenvalue weighted by molar-refractivity contribution is 7.80. The smallest absolute Gasteiger partial charge is 0.320 e. The van der Waals surface area contributed by atoms with Gasteiger partial charge in [-0.15, -0.1) is 11.3 Å².